The van der Waals surface area contributed by atoms with Gasteiger partial charge in [-0.3, -0.25) is 5.41 Å². The lowest BCUT2D eigenvalue weighted by Crippen LogP contribution is -2.17. The molecule has 0 saturated heterocycles. The number of aromatic nitrogens is 3. The summed E-state index contributed by atoms with van der Waals surface area (Å²) in [4.78, 5) is 7.35. The molecule has 56 valence electrons. The van der Waals surface area contributed by atoms with E-state index >= 15 is 0 Å². The van der Waals surface area contributed by atoms with E-state index < -0.39 is 0 Å². The lowest BCUT2D eigenvalue weighted by molar-refractivity contribution is 0.168. The van der Waals surface area contributed by atoms with Crippen LogP contribution < -0.4 is 5.49 Å². The van der Waals surface area contributed by atoms with Gasteiger partial charge >= 0.3 is 0 Å². The number of nitrogens with one attached hydrogen (secondary N) is 1. The fraction of sp³-hybridized carbons (Fsp3) is 0. The van der Waals surface area contributed by atoms with Gasteiger partial charge in [-0.2, -0.15) is 9.71 Å². The van der Waals surface area contributed by atoms with E-state index in [-0.39, 0.29) is 16.7 Å². The molecule has 2 aromatic rings. The first-order valence-electron chi connectivity index (χ1n) is 2.84. The second-order valence-corrected chi connectivity index (χ2v) is 1.94. The first-order valence-corrected chi connectivity index (χ1v) is 2.84. The predicted molar refractivity (Wildman–Crippen MR) is 32.8 cm³/mol. The Kier molecular flexibility index (Phi) is 0.974. The average Bonchev–Trinajstić information content (AvgIpc) is 2.45. The zero-order chi connectivity index (χ0) is 7.84. The fourth-order valence-electron chi connectivity index (χ4n) is 0.767. The quantitative estimate of drug-likeness (QED) is 0.509. The molecule has 0 aliphatic rings. The van der Waals surface area contributed by atoms with Crippen LogP contribution in [-0.2, 0) is 0 Å². The van der Waals surface area contributed by atoms with Crippen LogP contribution in [0.4, 0.5) is 0 Å². The van der Waals surface area contributed by atoms with Crippen molar-refractivity contribution < 1.29 is 9.62 Å². The Bertz CT molecular complexity index is 443. The summed E-state index contributed by atoms with van der Waals surface area (Å²) >= 11 is 0. The molecule has 0 radical (unpaired) electrons. The van der Waals surface area contributed by atoms with Crippen molar-refractivity contribution in [2.24, 2.45) is 0 Å². The average molecular weight is 152 g/mol. The van der Waals surface area contributed by atoms with Crippen LogP contribution in [0.2, 0.25) is 0 Å². The topological polar surface area (TPSA) is 87.9 Å². The minimum absolute atomic E-state index is 0.135. The summed E-state index contributed by atoms with van der Waals surface area (Å²) < 4.78 is 5.36. The van der Waals surface area contributed by atoms with Gasteiger partial charge in [0.1, 0.15) is 6.33 Å². The van der Waals surface area contributed by atoms with Crippen LogP contribution in [-0.4, -0.2) is 19.9 Å². The van der Waals surface area contributed by atoms with Crippen molar-refractivity contribution in [1.29, 1.82) is 5.41 Å². The van der Waals surface area contributed by atoms with Gasteiger partial charge in [0.2, 0.25) is 0 Å². The van der Waals surface area contributed by atoms with Crippen LogP contribution in [0.25, 0.3) is 11.2 Å². The molecule has 0 aromatic carbocycles. The molecule has 2 heterocycles. The molecule has 0 saturated carbocycles. The van der Waals surface area contributed by atoms with Gasteiger partial charge in [0.15, 0.2) is 17.4 Å². The largest absolute Gasteiger partial charge is 0.425 e. The second-order valence-electron chi connectivity index (χ2n) is 1.94. The summed E-state index contributed by atoms with van der Waals surface area (Å²) in [6.07, 6.45) is 2.26. The molecule has 0 spiro atoms. The Morgan fingerprint density at radius 1 is 1.55 bits per heavy atom. The number of oxazole rings is 1. The first-order chi connectivity index (χ1) is 5.29. The molecule has 2 rings (SSSR count). The minimum Gasteiger partial charge on any atom is -0.425 e. The van der Waals surface area contributed by atoms with Gasteiger partial charge in [-0.25, -0.2) is 4.98 Å². The normalized spacial score (nSPS) is 10.5. The van der Waals surface area contributed by atoms with Gasteiger partial charge in [-0.1, -0.05) is 0 Å². The van der Waals surface area contributed by atoms with E-state index in [9.17, 15) is 0 Å². The van der Waals surface area contributed by atoms with Crippen molar-refractivity contribution >= 4 is 11.2 Å². The Labute approximate surface area is 60.2 Å². The van der Waals surface area contributed by atoms with E-state index in [0.717, 1.165) is 6.33 Å². The maximum atomic E-state index is 8.92. The van der Waals surface area contributed by atoms with Crippen LogP contribution in [0.3, 0.4) is 0 Å². The third kappa shape index (κ3) is 0.689. The second kappa shape index (κ2) is 1.82. The third-order valence-corrected chi connectivity index (χ3v) is 1.29. The van der Waals surface area contributed by atoms with Crippen LogP contribution >= 0.6 is 0 Å². The van der Waals surface area contributed by atoms with Crippen molar-refractivity contribution in [1.82, 2.24) is 14.7 Å². The number of fused-ring (bicyclic) bond motifs is 1. The minimum atomic E-state index is -0.135. The molecule has 0 fully saturated rings. The van der Waals surface area contributed by atoms with Crippen molar-refractivity contribution in [3.05, 3.63) is 18.2 Å². The predicted octanol–water partition coefficient (Wildman–Crippen LogP) is -0.259. The maximum Gasteiger partial charge on any atom is 0.252 e. The van der Waals surface area contributed by atoms with E-state index in [2.05, 4.69) is 9.97 Å². The molecule has 0 bridgehead atoms. The Hall–Kier alpha value is -1.85. The third-order valence-electron chi connectivity index (χ3n) is 1.29. The Morgan fingerprint density at radius 2 is 2.36 bits per heavy atom. The van der Waals surface area contributed by atoms with E-state index in [4.69, 9.17) is 15.0 Å². The molecule has 11 heavy (non-hydrogen) atoms. The molecule has 0 atom stereocenters. The van der Waals surface area contributed by atoms with E-state index in [1.165, 1.54) is 6.39 Å². The monoisotopic (exact) mass is 152 g/mol. The number of hydrogen-bond donors (Lipinski definition) is 2. The van der Waals surface area contributed by atoms with Gasteiger partial charge in [0.25, 0.3) is 5.71 Å². The van der Waals surface area contributed by atoms with Gasteiger partial charge in [0, 0.05) is 0 Å². The summed E-state index contributed by atoms with van der Waals surface area (Å²) in [5.41, 5.74) is 0.360. The summed E-state index contributed by atoms with van der Waals surface area (Å²) in [6, 6.07) is 0. The standard InChI is InChI=1S/C5H4N4O2/c6-4-3-5(11-2-8-3)7-1-9(4)10/h1-2,6,10H. The molecule has 0 unspecified atom stereocenters. The molecular weight excluding hydrogens is 148 g/mol. The highest BCUT2D eigenvalue weighted by atomic mass is 16.5. The lowest BCUT2D eigenvalue weighted by Gasteiger charge is -1.92. The number of rotatable bonds is 0. The maximum absolute atomic E-state index is 8.92. The number of hydrogen-bond acceptors (Lipinski definition) is 5. The van der Waals surface area contributed by atoms with Gasteiger partial charge in [-0.05, 0) is 0 Å². The fourth-order valence-corrected chi connectivity index (χ4v) is 0.767. The Balaban J connectivity index is 3.05. The Morgan fingerprint density at radius 3 is 3.18 bits per heavy atom. The highest BCUT2D eigenvalue weighted by Crippen LogP contribution is 2.00. The van der Waals surface area contributed by atoms with Crippen LogP contribution in [0.15, 0.2) is 17.1 Å². The molecular formula is C5H4N4O2. The van der Waals surface area contributed by atoms with E-state index in [0.29, 0.717) is 4.73 Å². The summed E-state index contributed by atoms with van der Waals surface area (Å²) in [5, 5.41) is 16.2. The molecule has 0 aliphatic carbocycles. The molecule has 6 nitrogen and oxygen atoms in total. The van der Waals surface area contributed by atoms with Crippen molar-refractivity contribution in [2.45, 2.75) is 0 Å². The van der Waals surface area contributed by atoms with Crippen LogP contribution in [0.1, 0.15) is 0 Å². The van der Waals surface area contributed by atoms with Crippen molar-refractivity contribution in [3.8, 4) is 0 Å². The molecule has 2 aromatic heterocycles. The molecule has 6 heteroatoms. The lowest BCUT2D eigenvalue weighted by atomic mass is 10.5. The highest BCUT2D eigenvalue weighted by molar-refractivity contribution is 5.64. The molecule has 2 N–H and O–H groups in total. The number of nitrogens with zero attached hydrogens (tertiary/aromatic N) is 3. The first kappa shape index (κ1) is 5.90. The zero-order valence-electron chi connectivity index (χ0n) is 5.35. The van der Waals surface area contributed by atoms with E-state index in [1.54, 1.807) is 0 Å². The smallest absolute Gasteiger partial charge is 0.252 e. The molecule has 0 amide bonds. The van der Waals surface area contributed by atoms with E-state index in [1.807, 2.05) is 0 Å². The summed E-state index contributed by atoms with van der Waals surface area (Å²) in [7, 11) is 0. The summed E-state index contributed by atoms with van der Waals surface area (Å²) in [5.74, 6) is 0. The van der Waals surface area contributed by atoms with Crippen molar-refractivity contribution in [2.75, 3.05) is 0 Å². The van der Waals surface area contributed by atoms with Gasteiger partial charge < -0.3 is 9.62 Å². The molecule has 0 aliphatic heterocycles. The van der Waals surface area contributed by atoms with Crippen LogP contribution in [0.5, 0.6) is 0 Å². The summed E-state index contributed by atoms with van der Waals surface area (Å²) in [6.45, 7) is 0. The van der Waals surface area contributed by atoms with Gasteiger partial charge in [0.05, 0.1) is 0 Å². The zero-order valence-corrected chi connectivity index (χ0v) is 5.35. The highest BCUT2D eigenvalue weighted by Gasteiger charge is 2.02. The van der Waals surface area contributed by atoms with Gasteiger partial charge in [-0.15, -0.1) is 0 Å². The van der Waals surface area contributed by atoms with Crippen LogP contribution in [0, 0.1) is 5.41 Å². The SMILES string of the molecule is N=c1c2ncoc2ncn1O. The van der Waals surface area contributed by atoms with Crippen molar-refractivity contribution in [3.63, 3.8) is 0 Å².